The highest BCUT2D eigenvalue weighted by Gasteiger charge is 2.51. The lowest BCUT2D eigenvalue weighted by Crippen LogP contribution is -2.33. The van der Waals surface area contributed by atoms with Crippen LogP contribution in [-0.2, 0) is 5.41 Å². The van der Waals surface area contributed by atoms with Gasteiger partial charge in [0.25, 0.3) is 6.33 Å². The SMILES string of the molecule is c1ccc(-c2cc3c(cc2-c2cc[n+](-c4ccccc4)cn2)C2(c4ccccc4-3)c3ccccc3-n3c4ccccc4c4cccc2c43)cc1. The maximum absolute atomic E-state index is 5.13. The summed E-state index contributed by atoms with van der Waals surface area (Å²) in [6, 6.07) is 62.0. The van der Waals surface area contributed by atoms with E-state index in [9.17, 15) is 0 Å². The highest BCUT2D eigenvalue weighted by atomic mass is 15.0. The van der Waals surface area contributed by atoms with Crippen molar-refractivity contribution >= 4 is 21.8 Å². The van der Waals surface area contributed by atoms with E-state index in [0.717, 1.165) is 16.9 Å². The van der Waals surface area contributed by atoms with Crippen LogP contribution in [0.3, 0.4) is 0 Å². The Hall–Kier alpha value is -6.58. The zero-order valence-electron chi connectivity index (χ0n) is 27.2. The average molecular weight is 637 g/mol. The molecule has 0 radical (unpaired) electrons. The van der Waals surface area contributed by atoms with Gasteiger partial charge < -0.3 is 4.57 Å². The fraction of sp³-hybridized carbons (Fsp3) is 0.0213. The molecule has 2 aromatic heterocycles. The Kier molecular flexibility index (Phi) is 5.59. The van der Waals surface area contributed by atoms with Gasteiger partial charge in [0.05, 0.1) is 22.1 Å². The monoisotopic (exact) mass is 636 g/mol. The van der Waals surface area contributed by atoms with Gasteiger partial charge in [0.15, 0.2) is 5.69 Å². The van der Waals surface area contributed by atoms with Crippen LogP contribution < -0.4 is 4.57 Å². The summed E-state index contributed by atoms with van der Waals surface area (Å²) in [5.41, 5.74) is 16.5. The van der Waals surface area contributed by atoms with E-state index < -0.39 is 5.41 Å². The molecule has 11 rings (SSSR count). The third-order valence-electron chi connectivity index (χ3n) is 11.0. The minimum atomic E-state index is -0.519. The number of nitrogens with zero attached hydrogens (tertiary/aromatic N) is 3. The predicted molar refractivity (Wildman–Crippen MR) is 202 cm³/mol. The van der Waals surface area contributed by atoms with Crippen LogP contribution >= 0.6 is 0 Å². The van der Waals surface area contributed by atoms with Gasteiger partial charge in [-0.1, -0.05) is 127 Å². The number of aromatic nitrogens is 3. The first-order valence-corrected chi connectivity index (χ1v) is 17.2. The van der Waals surface area contributed by atoms with Gasteiger partial charge in [-0.3, -0.25) is 0 Å². The molecule has 0 N–H and O–H groups in total. The molecule has 2 aliphatic rings. The van der Waals surface area contributed by atoms with Crippen LogP contribution in [0, 0.1) is 0 Å². The van der Waals surface area contributed by atoms with Crippen LogP contribution in [-0.4, -0.2) is 9.55 Å². The normalized spacial score (nSPS) is 15.3. The molecule has 1 unspecified atom stereocenters. The van der Waals surface area contributed by atoms with Crippen molar-refractivity contribution in [1.82, 2.24) is 9.55 Å². The minimum Gasteiger partial charge on any atom is -0.309 e. The van der Waals surface area contributed by atoms with Crippen molar-refractivity contribution in [3.05, 3.63) is 205 Å². The van der Waals surface area contributed by atoms with E-state index in [0.29, 0.717) is 0 Å². The molecule has 1 aliphatic carbocycles. The van der Waals surface area contributed by atoms with Gasteiger partial charge in [-0.25, -0.2) is 4.57 Å². The smallest absolute Gasteiger partial charge is 0.291 e. The number of rotatable bonds is 3. The Labute approximate surface area is 290 Å². The maximum Gasteiger partial charge on any atom is 0.291 e. The number of benzene rings is 7. The molecule has 1 spiro atoms. The Bertz CT molecular complexity index is 2800. The highest BCUT2D eigenvalue weighted by molar-refractivity contribution is 6.13. The predicted octanol–water partition coefficient (Wildman–Crippen LogP) is 10.5. The first-order chi connectivity index (χ1) is 24.8. The second-order valence-corrected chi connectivity index (χ2v) is 13.4. The lowest BCUT2D eigenvalue weighted by Gasteiger charge is -2.39. The van der Waals surface area contributed by atoms with Gasteiger partial charge in [0.2, 0.25) is 0 Å². The molecule has 0 fully saturated rings. The second kappa shape index (κ2) is 10.2. The Morgan fingerprint density at radius 3 is 2.02 bits per heavy atom. The first kappa shape index (κ1) is 27.4. The van der Waals surface area contributed by atoms with Crippen molar-refractivity contribution in [1.29, 1.82) is 0 Å². The molecule has 3 heterocycles. The average Bonchev–Trinajstić information content (AvgIpc) is 3.68. The van der Waals surface area contributed by atoms with Crippen molar-refractivity contribution in [2.45, 2.75) is 5.41 Å². The van der Waals surface area contributed by atoms with Crippen LogP contribution in [0.15, 0.2) is 182 Å². The summed E-state index contributed by atoms with van der Waals surface area (Å²) < 4.78 is 4.58. The number of hydrogen-bond acceptors (Lipinski definition) is 1. The fourth-order valence-electron chi connectivity index (χ4n) is 8.94. The summed E-state index contributed by atoms with van der Waals surface area (Å²) in [6.45, 7) is 0. The van der Waals surface area contributed by atoms with Crippen molar-refractivity contribution in [2.24, 2.45) is 0 Å². The molecule has 0 saturated carbocycles. The number of para-hydroxylation sites is 4. The Balaban J connectivity index is 1.27. The van der Waals surface area contributed by atoms with E-state index in [1.54, 1.807) is 0 Å². The lowest BCUT2D eigenvalue weighted by atomic mass is 9.65. The maximum atomic E-state index is 5.13. The van der Waals surface area contributed by atoms with Gasteiger partial charge >= 0.3 is 0 Å². The third kappa shape index (κ3) is 3.53. The molecule has 0 saturated heterocycles. The molecule has 7 aromatic carbocycles. The summed E-state index contributed by atoms with van der Waals surface area (Å²) in [7, 11) is 0. The zero-order chi connectivity index (χ0) is 32.8. The molecule has 232 valence electrons. The zero-order valence-corrected chi connectivity index (χ0v) is 27.2. The van der Waals surface area contributed by atoms with E-state index in [1.807, 2.05) is 12.4 Å². The number of hydrogen-bond donors (Lipinski definition) is 0. The number of fused-ring (bicyclic) bond motifs is 12. The van der Waals surface area contributed by atoms with Crippen molar-refractivity contribution in [3.63, 3.8) is 0 Å². The van der Waals surface area contributed by atoms with Crippen molar-refractivity contribution in [2.75, 3.05) is 0 Å². The summed E-state index contributed by atoms with van der Waals surface area (Å²) >= 11 is 0. The Morgan fingerprint density at radius 2 is 1.18 bits per heavy atom. The molecular weight excluding hydrogens is 607 g/mol. The van der Waals surface area contributed by atoms with Gasteiger partial charge in [-0.15, -0.1) is 0 Å². The minimum absolute atomic E-state index is 0.519. The molecule has 50 heavy (non-hydrogen) atoms. The quantitative estimate of drug-likeness (QED) is 0.177. The van der Waals surface area contributed by atoms with Gasteiger partial charge in [0, 0.05) is 22.4 Å². The van der Waals surface area contributed by atoms with Crippen molar-refractivity contribution < 1.29 is 4.57 Å². The summed E-state index contributed by atoms with van der Waals surface area (Å²) in [5, 5.41) is 2.57. The van der Waals surface area contributed by atoms with Gasteiger partial charge in [-0.2, -0.15) is 0 Å². The van der Waals surface area contributed by atoms with Crippen LogP contribution in [0.25, 0.3) is 66.7 Å². The lowest BCUT2D eigenvalue weighted by molar-refractivity contribution is -0.599. The molecule has 0 bridgehead atoms. The third-order valence-corrected chi connectivity index (χ3v) is 11.0. The van der Waals surface area contributed by atoms with E-state index >= 15 is 0 Å². The van der Waals surface area contributed by atoms with Crippen LogP contribution in [0.4, 0.5) is 0 Å². The molecule has 1 aliphatic heterocycles. The van der Waals surface area contributed by atoms with Crippen LogP contribution in [0.1, 0.15) is 22.3 Å². The van der Waals surface area contributed by atoms with E-state index in [4.69, 9.17) is 4.98 Å². The van der Waals surface area contributed by atoms with E-state index in [2.05, 4.69) is 179 Å². The molecular formula is C47H30N3+. The summed E-state index contributed by atoms with van der Waals surface area (Å²) in [5.74, 6) is 0. The first-order valence-electron chi connectivity index (χ1n) is 17.2. The summed E-state index contributed by atoms with van der Waals surface area (Å²) in [6.07, 6.45) is 4.06. The van der Waals surface area contributed by atoms with E-state index in [1.165, 1.54) is 72.0 Å². The molecule has 3 heteroatoms. The second-order valence-electron chi connectivity index (χ2n) is 13.4. The van der Waals surface area contributed by atoms with Crippen molar-refractivity contribution in [3.8, 4) is 44.9 Å². The molecule has 3 nitrogen and oxygen atoms in total. The van der Waals surface area contributed by atoms with Crippen LogP contribution in [0.5, 0.6) is 0 Å². The molecule has 0 amide bonds. The summed E-state index contributed by atoms with van der Waals surface area (Å²) in [4.78, 5) is 5.13. The molecule has 9 aromatic rings. The standard InChI is InChI=1S/C47H30N3/c1-3-14-31(15-4-1)36-28-37-33-18-7-9-21-39(33)47(42(37)29-38(36)43-26-27-49(30-48-43)32-16-5-2-6-17-32)40-22-10-12-25-45(40)50-44-24-11-8-19-34(44)35-20-13-23-41(47)46(35)50/h1-30H/q+1. The topological polar surface area (TPSA) is 21.7 Å². The largest absolute Gasteiger partial charge is 0.309 e. The van der Waals surface area contributed by atoms with E-state index in [-0.39, 0.29) is 0 Å². The highest BCUT2D eigenvalue weighted by Crippen LogP contribution is 2.62. The van der Waals surface area contributed by atoms with Crippen LogP contribution in [0.2, 0.25) is 0 Å². The van der Waals surface area contributed by atoms with Gasteiger partial charge in [0.1, 0.15) is 11.9 Å². The fourth-order valence-corrected chi connectivity index (χ4v) is 8.94. The Morgan fingerprint density at radius 1 is 0.480 bits per heavy atom. The van der Waals surface area contributed by atoms with Gasteiger partial charge in [-0.05, 0) is 85.9 Å². The molecule has 1 atom stereocenters.